The summed E-state index contributed by atoms with van der Waals surface area (Å²) >= 11 is 0. The van der Waals surface area contributed by atoms with Crippen LogP contribution >= 0.6 is 0 Å². The molecule has 0 aliphatic heterocycles. The van der Waals surface area contributed by atoms with Crippen molar-refractivity contribution in [1.29, 1.82) is 0 Å². The SMILES string of the molecule is COC(=O)c1cc(OC(=O)/C=C/c2ccccc2F)cc(C(=O)OC)c1. The number of benzene rings is 2. The lowest BCUT2D eigenvalue weighted by Crippen LogP contribution is -2.10. The van der Waals surface area contributed by atoms with Gasteiger partial charge < -0.3 is 14.2 Å². The standard InChI is InChI=1S/C19H15FO6/c1-24-18(22)13-9-14(19(23)25-2)11-15(10-13)26-17(21)8-7-12-5-3-4-6-16(12)20/h3-11H,1-2H3/b8-7+. The summed E-state index contributed by atoms with van der Waals surface area (Å²) in [5, 5.41) is 0. The topological polar surface area (TPSA) is 78.9 Å². The molecule has 0 unspecified atom stereocenters. The fraction of sp³-hybridized carbons (Fsp3) is 0.105. The van der Waals surface area contributed by atoms with Crippen molar-refractivity contribution in [2.24, 2.45) is 0 Å². The van der Waals surface area contributed by atoms with Gasteiger partial charge in [-0.3, -0.25) is 0 Å². The predicted octanol–water partition coefficient (Wildman–Crippen LogP) is 3.02. The van der Waals surface area contributed by atoms with Crippen molar-refractivity contribution in [1.82, 2.24) is 0 Å². The van der Waals surface area contributed by atoms with Gasteiger partial charge in [-0.1, -0.05) is 18.2 Å². The van der Waals surface area contributed by atoms with Gasteiger partial charge in [-0.2, -0.15) is 0 Å². The Morgan fingerprint density at radius 3 is 2.04 bits per heavy atom. The molecular formula is C19H15FO6. The average molecular weight is 358 g/mol. The van der Waals surface area contributed by atoms with Gasteiger partial charge in [0.25, 0.3) is 0 Å². The second-order valence-corrected chi connectivity index (χ2v) is 5.01. The molecule has 0 saturated heterocycles. The highest BCUT2D eigenvalue weighted by Gasteiger charge is 2.15. The van der Waals surface area contributed by atoms with E-state index < -0.39 is 23.7 Å². The van der Waals surface area contributed by atoms with Gasteiger partial charge in [-0.25, -0.2) is 18.8 Å². The smallest absolute Gasteiger partial charge is 0.338 e. The van der Waals surface area contributed by atoms with Crippen molar-refractivity contribution in [3.05, 3.63) is 71.0 Å². The molecule has 2 rings (SSSR count). The highest BCUT2D eigenvalue weighted by Crippen LogP contribution is 2.19. The van der Waals surface area contributed by atoms with Crippen molar-refractivity contribution >= 4 is 24.0 Å². The fourth-order valence-corrected chi connectivity index (χ4v) is 2.05. The molecule has 0 fully saturated rings. The maximum absolute atomic E-state index is 13.5. The zero-order valence-corrected chi connectivity index (χ0v) is 14.0. The molecule has 0 saturated carbocycles. The number of carbonyl (C=O) groups excluding carboxylic acids is 3. The molecule has 26 heavy (non-hydrogen) atoms. The highest BCUT2D eigenvalue weighted by atomic mass is 19.1. The summed E-state index contributed by atoms with van der Waals surface area (Å²) < 4.78 is 27.8. The minimum absolute atomic E-state index is 0.0104. The summed E-state index contributed by atoms with van der Waals surface area (Å²) in [5.41, 5.74) is 0.232. The molecule has 6 nitrogen and oxygen atoms in total. The fourth-order valence-electron chi connectivity index (χ4n) is 2.05. The summed E-state index contributed by atoms with van der Waals surface area (Å²) in [6, 6.07) is 9.64. The highest BCUT2D eigenvalue weighted by molar-refractivity contribution is 5.96. The molecule has 0 amide bonds. The first kappa shape index (κ1) is 18.9. The molecule has 7 heteroatoms. The lowest BCUT2D eigenvalue weighted by atomic mass is 10.1. The van der Waals surface area contributed by atoms with Gasteiger partial charge >= 0.3 is 17.9 Å². The summed E-state index contributed by atoms with van der Waals surface area (Å²) in [6.45, 7) is 0. The van der Waals surface area contributed by atoms with Crippen LogP contribution in [0.2, 0.25) is 0 Å². The van der Waals surface area contributed by atoms with Gasteiger partial charge in [0.2, 0.25) is 0 Å². The van der Waals surface area contributed by atoms with Crippen LogP contribution in [0.1, 0.15) is 26.3 Å². The minimum atomic E-state index is -0.814. The first-order valence-corrected chi connectivity index (χ1v) is 7.40. The Morgan fingerprint density at radius 2 is 1.50 bits per heavy atom. The van der Waals surface area contributed by atoms with Gasteiger partial charge in [-0.05, 0) is 30.3 Å². The summed E-state index contributed by atoms with van der Waals surface area (Å²) in [5.74, 6) is -2.79. The molecule has 0 radical (unpaired) electrons. The summed E-state index contributed by atoms with van der Waals surface area (Å²) in [7, 11) is 2.35. The molecule has 0 atom stereocenters. The van der Waals surface area contributed by atoms with Crippen LogP contribution in [-0.2, 0) is 14.3 Å². The molecule has 2 aromatic rings. The van der Waals surface area contributed by atoms with Crippen LogP contribution in [0, 0.1) is 5.82 Å². The third kappa shape index (κ3) is 4.76. The third-order valence-electron chi connectivity index (χ3n) is 3.27. The largest absolute Gasteiger partial charge is 0.465 e. The number of rotatable bonds is 5. The van der Waals surface area contributed by atoms with Crippen LogP contribution in [0.3, 0.4) is 0 Å². The molecule has 0 aliphatic carbocycles. The van der Waals surface area contributed by atoms with Crippen LogP contribution in [0.5, 0.6) is 5.75 Å². The van der Waals surface area contributed by atoms with Gasteiger partial charge in [0.15, 0.2) is 0 Å². The minimum Gasteiger partial charge on any atom is -0.465 e. The molecular weight excluding hydrogens is 343 g/mol. The molecule has 0 aliphatic rings. The monoisotopic (exact) mass is 358 g/mol. The number of hydrogen-bond acceptors (Lipinski definition) is 6. The number of halogens is 1. The maximum atomic E-state index is 13.5. The van der Waals surface area contributed by atoms with Crippen molar-refractivity contribution in [3.63, 3.8) is 0 Å². The lowest BCUT2D eigenvalue weighted by Gasteiger charge is -2.07. The lowest BCUT2D eigenvalue weighted by molar-refractivity contribution is -0.128. The second kappa shape index (κ2) is 8.57. The van der Waals surface area contributed by atoms with E-state index in [1.807, 2.05) is 0 Å². The van der Waals surface area contributed by atoms with E-state index in [2.05, 4.69) is 9.47 Å². The first-order chi connectivity index (χ1) is 12.4. The van der Waals surface area contributed by atoms with Crippen LogP contribution in [0.4, 0.5) is 4.39 Å². The van der Waals surface area contributed by atoms with E-state index in [0.717, 1.165) is 6.08 Å². The van der Waals surface area contributed by atoms with Crippen molar-refractivity contribution in [2.75, 3.05) is 14.2 Å². The van der Waals surface area contributed by atoms with E-state index >= 15 is 0 Å². The molecule has 0 N–H and O–H groups in total. The van der Waals surface area contributed by atoms with E-state index in [1.165, 1.54) is 56.7 Å². The second-order valence-electron chi connectivity index (χ2n) is 5.01. The Hall–Kier alpha value is -3.48. The van der Waals surface area contributed by atoms with E-state index in [4.69, 9.17) is 4.74 Å². The Morgan fingerprint density at radius 1 is 0.923 bits per heavy atom. The van der Waals surface area contributed by atoms with E-state index in [9.17, 15) is 18.8 Å². The van der Waals surface area contributed by atoms with Gasteiger partial charge in [0, 0.05) is 11.6 Å². The molecule has 0 aromatic heterocycles. The summed E-state index contributed by atoms with van der Waals surface area (Å²) in [6.07, 6.45) is 2.28. The van der Waals surface area contributed by atoms with E-state index in [-0.39, 0.29) is 22.4 Å². The zero-order valence-electron chi connectivity index (χ0n) is 14.0. The molecule has 134 valence electrons. The molecule has 0 heterocycles. The van der Waals surface area contributed by atoms with Gasteiger partial charge in [0.05, 0.1) is 25.3 Å². The number of esters is 3. The third-order valence-corrected chi connectivity index (χ3v) is 3.27. The quantitative estimate of drug-likeness (QED) is 0.464. The first-order valence-electron chi connectivity index (χ1n) is 7.40. The molecule has 2 aromatic carbocycles. The van der Waals surface area contributed by atoms with Crippen LogP contribution in [-0.4, -0.2) is 32.1 Å². The van der Waals surface area contributed by atoms with Crippen LogP contribution in [0.15, 0.2) is 48.5 Å². The molecule has 0 bridgehead atoms. The number of ether oxygens (including phenoxy) is 3. The Kier molecular flexibility index (Phi) is 6.21. The van der Waals surface area contributed by atoms with Gasteiger partial charge in [0.1, 0.15) is 11.6 Å². The maximum Gasteiger partial charge on any atom is 0.338 e. The Labute approximate surface area is 148 Å². The average Bonchev–Trinajstić information content (AvgIpc) is 2.65. The van der Waals surface area contributed by atoms with Crippen molar-refractivity contribution in [2.45, 2.75) is 0 Å². The number of carbonyl (C=O) groups is 3. The number of hydrogen-bond donors (Lipinski definition) is 0. The van der Waals surface area contributed by atoms with Gasteiger partial charge in [-0.15, -0.1) is 0 Å². The summed E-state index contributed by atoms with van der Waals surface area (Å²) in [4.78, 5) is 35.3. The Balaban J connectivity index is 2.24. The van der Waals surface area contributed by atoms with E-state index in [1.54, 1.807) is 6.07 Å². The Bertz CT molecular complexity index is 838. The number of methoxy groups -OCH3 is 2. The van der Waals surface area contributed by atoms with Crippen LogP contribution < -0.4 is 4.74 Å². The van der Waals surface area contributed by atoms with Crippen molar-refractivity contribution < 1.29 is 33.0 Å². The normalized spacial score (nSPS) is 10.4. The van der Waals surface area contributed by atoms with Crippen molar-refractivity contribution in [3.8, 4) is 5.75 Å². The molecule has 0 spiro atoms. The van der Waals surface area contributed by atoms with Crippen LogP contribution in [0.25, 0.3) is 6.08 Å². The van der Waals surface area contributed by atoms with E-state index in [0.29, 0.717) is 0 Å². The predicted molar refractivity (Wildman–Crippen MR) is 90.2 cm³/mol. The zero-order chi connectivity index (χ0) is 19.1.